The molecule has 1 aromatic heterocycles. The van der Waals surface area contributed by atoms with Crippen LogP contribution in [0.2, 0.25) is 0 Å². The first-order valence-electron chi connectivity index (χ1n) is 6.55. The summed E-state index contributed by atoms with van der Waals surface area (Å²) < 4.78 is 6.78. The summed E-state index contributed by atoms with van der Waals surface area (Å²) in [6.45, 7) is 4.52. The number of rotatable bonds is 6. The molecule has 0 aliphatic rings. The third-order valence-electron chi connectivity index (χ3n) is 2.98. The van der Waals surface area contributed by atoms with E-state index in [-0.39, 0.29) is 11.4 Å². The van der Waals surface area contributed by atoms with E-state index < -0.39 is 4.92 Å². The summed E-state index contributed by atoms with van der Waals surface area (Å²) in [5.41, 5.74) is 1.41. The Morgan fingerprint density at radius 1 is 1.38 bits per heavy atom. The molecular weight excluding hydrogens is 274 g/mol. The molecule has 0 saturated carbocycles. The molecular formula is C14H15N3O4. The Bertz CT molecular complexity index is 679. The third kappa shape index (κ3) is 2.91. The van der Waals surface area contributed by atoms with Crippen molar-refractivity contribution in [2.24, 2.45) is 0 Å². The predicted molar refractivity (Wildman–Crippen MR) is 76.5 cm³/mol. The van der Waals surface area contributed by atoms with Crippen molar-refractivity contribution >= 4 is 12.0 Å². The molecule has 7 heteroatoms. The van der Waals surface area contributed by atoms with E-state index in [1.807, 2.05) is 6.92 Å². The standard InChI is InChI=1S/C14H15N3O4/c1-3-16-11(9-18)8-12(15-16)10-5-6-14(21-4-2)13(7-10)17(19)20/h5-9H,3-4H2,1-2H3. The molecule has 1 heterocycles. The van der Waals surface area contributed by atoms with E-state index in [4.69, 9.17) is 4.74 Å². The zero-order valence-corrected chi connectivity index (χ0v) is 11.8. The van der Waals surface area contributed by atoms with Gasteiger partial charge in [0.15, 0.2) is 12.0 Å². The summed E-state index contributed by atoms with van der Waals surface area (Å²) in [5, 5.41) is 15.4. The molecule has 7 nitrogen and oxygen atoms in total. The van der Waals surface area contributed by atoms with Crippen LogP contribution in [-0.2, 0) is 6.54 Å². The largest absolute Gasteiger partial charge is 0.487 e. The van der Waals surface area contributed by atoms with E-state index in [2.05, 4.69) is 5.10 Å². The highest BCUT2D eigenvalue weighted by Gasteiger charge is 2.18. The maximum atomic E-state index is 11.1. The van der Waals surface area contributed by atoms with Crippen LogP contribution in [0.3, 0.4) is 0 Å². The molecule has 0 spiro atoms. The molecule has 0 bridgehead atoms. The molecule has 0 radical (unpaired) electrons. The summed E-state index contributed by atoms with van der Waals surface area (Å²) in [7, 11) is 0. The number of aryl methyl sites for hydroxylation is 1. The fourth-order valence-corrected chi connectivity index (χ4v) is 2.02. The Balaban J connectivity index is 2.49. The highest BCUT2D eigenvalue weighted by Crippen LogP contribution is 2.32. The Morgan fingerprint density at radius 3 is 2.67 bits per heavy atom. The number of nitrogens with zero attached hydrogens (tertiary/aromatic N) is 3. The Kier molecular flexibility index (Phi) is 4.32. The van der Waals surface area contributed by atoms with Crippen molar-refractivity contribution < 1.29 is 14.5 Å². The van der Waals surface area contributed by atoms with E-state index in [0.29, 0.717) is 36.4 Å². The highest BCUT2D eigenvalue weighted by atomic mass is 16.6. The number of benzene rings is 1. The summed E-state index contributed by atoms with van der Waals surface area (Å²) in [6, 6.07) is 6.25. The molecule has 0 aliphatic heterocycles. The molecule has 110 valence electrons. The number of carbonyl (C=O) groups excluding carboxylic acids is 1. The van der Waals surface area contributed by atoms with Gasteiger partial charge in [-0.1, -0.05) is 0 Å². The molecule has 2 aromatic rings. The molecule has 0 saturated heterocycles. The highest BCUT2D eigenvalue weighted by molar-refractivity contribution is 5.76. The molecule has 1 aromatic carbocycles. The monoisotopic (exact) mass is 289 g/mol. The maximum absolute atomic E-state index is 11.1. The number of hydrogen-bond donors (Lipinski definition) is 0. The minimum absolute atomic E-state index is 0.118. The first-order chi connectivity index (χ1) is 10.1. The van der Waals surface area contributed by atoms with Gasteiger partial charge in [-0.05, 0) is 32.0 Å². The fraction of sp³-hybridized carbons (Fsp3) is 0.286. The third-order valence-corrected chi connectivity index (χ3v) is 2.98. The lowest BCUT2D eigenvalue weighted by Crippen LogP contribution is -2.01. The molecule has 0 amide bonds. The Labute approximate surface area is 121 Å². The van der Waals surface area contributed by atoms with Crippen LogP contribution in [0.25, 0.3) is 11.3 Å². The van der Waals surface area contributed by atoms with E-state index in [9.17, 15) is 14.9 Å². The lowest BCUT2D eigenvalue weighted by atomic mass is 10.1. The van der Waals surface area contributed by atoms with Gasteiger partial charge in [0.25, 0.3) is 0 Å². The average molecular weight is 289 g/mol. The van der Waals surface area contributed by atoms with Gasteiger partial charge in [0.1, 0.15) is 5.69 Å². The van der Waals surface area contributed by atoms with Crippen LogP contribution in [0, 0.1) is 10.1 Å². The van der Waals surface area contributed by atoms with Crippen molar-refractivity contribution in [1.29, 1.82) is 0 Å². The van der Waals surface area contributed by atoms with E-state index in [0.717, 1.165) is 0 Å². The quantitative estimate of drug-likeness (QED) is 0.463. The van der Waals surface area contributed by atoms with Gasteiger partial charge in [0.2, 0.25) is 0 Å². The van der Waals surface area contributed by atoms with Gasteiger partial charge < -0.3 is 4.74 Å². The van der Waals surface area contributed by atoms with E-state index >= 15 is 0 Å². The number of ether oxygens (including phenoxy) is 1. The van der Waals surface area contributed by atoms with Crippen molar-refractivity contribution in [2.45, 2.75) is 20.4 Å². The van der Waals surface area contributed by atoms with Gasteiger partial charge in [-0.25, -0.2) is 0 Å². The second kappa shape index (κ2) is 6.17. The molecule has 0 unspecified atom stereocenters. The lowest BCUT2D eigenvalue weighted by Gasteiger charge is -2.05. The van der Waals surface area contributed by atoms with Crippen LogP contribution in [0.5, 0.6) is 5.75 Å². The molecule has 0 N–H and O–H groups in total. The van der Waals surface area contributed by atoms with Crippen molar-refractivity contribution in [2.75, 3.05) is 6.61 Å². The van der Waals surface area contributed by atoms with Crippen molar-refractivity contribution in [1.82, 2.24) is 9.78 Å². The Morgan fingerprint density at radius 2 is 2.14 bits per heavy atom. The number of nitro groups is 1. The van der Waals surface area contributed by atoms with Gasteiger partial charge in [-0.15, -0.1) is 0 Å². The maximum Gasteiger partial charge on any atom is 0.311 e. The van der Waals surface area contributed by atoms with Gasteiger partial charge >= 0.3 is 5.69 Å². The van der Waals surface area contributed by atoms with E-state index in [1.165, 1.54) is 6.07 Å². The summed E-state index contributed by atoms with van der Waals surface area (Å²) >= 11 is 0. The van der Waals surface area contributed by atoms with Crippen LogP contribution in [0.4, 0.5) is 5.69 Å². The lowest BCUT2D eigenvalue weighted by molar-refractivity contribution is -0.385. The number of carbonyl (C=O) groups is 1. The fourth-order valence-electron chi connectivity index (χ4n) is 2.02. The number of aldehydes is 1. The minimum atomic E-state index is -0.494. The van der Waals surface area contributed by atoms with Crippen LogP contribution in [0.15, 0.2) is 24.3 Å². The smallest absolute Gasteiger partial charge is 0.311 e. The van der Waals surface area contributed by atoms with Crippen molar-refractivity contribution in [3.63, 3.8) is 0 Å². The first kappa shape index (κ1) is 14.7. The summed E-state index contributed by atoms with van der Waals surface area (Å²) in [5.74, 6) is 0.219. The summed E-state index contributed by atoms with van der Waals surface area (Å²) in [4.78, 5) is 21.6. The van der Waals surface area contributed by atoms with Crippen molar-refractivity contribution in [3.05, 3.63) is 40.1 Å². The van der Waals surface area contributed by atoms with Crippen LogP contribution in [0.1, 0.15) is 24.3 Å². The zero-order valence-electron chi connectivity index (χ0n) is 11.8. The van der Waals surface area contributed by atoms with E-state index in [1.54, 1.807) is 29.8 Å². The molecule has 21 heavy (non-hydrogen) atoms. The van der Waals surface area contributed by atoms with Crippen LogP contribution >= 0.6 is 0 Å². The molecule has 2 rings (SSSR count). The van der Waals surface area contributed by atoms with Gasteiger partial charge in [-0.3, -0.25) is 19.6 Å². The van der Waals surface area contributed by atoms with Crippen LogP contribution in [-0.4, -0.2) is 27.6 Å². The number of hydrogen-bond acceptors (Lipinski definition) is 5. The Hall–Kier alpha value is -2.70. The van der Waals surface area contributed by atoms with Gasteiger partial charge in [-0.2, -0.15) is 5.10 Å². The first-order valence-corrected chi connectivity index (χ1v) is 6.55. The SMILES string of the molecule is CCOc1ccc(-c2cc(C=O)n(CC)n2)cc1[N+](=O)[O-]. The molecule has 0 aliphatic carbocycles. The topological polar surface area (TPSA) is 87.3 Å². The second-order valence-corrected chi connectivity index (χ2v) is 4.26. The predicted octanol–water partition coefficient (Wildman–Crippen LogP) is 2.69. The average Bonchev–Trinajstić information content (AvgIpc) is 2.91. The molecule has 0 fully saturated rings. The van der Waals surface area contributed by atoms with Crippen LogP contribution < -0.4 is 4.74 Å². The minimum Gasteiger partial charge on any atom is -0.487 e. The molecule has 0 atom stereocenters. The zero-order chi connectivity index (χ0) is 15.4. The number of nitro benzene ring substituents is 1. The second-order valence-electron chi connectivity index (χ2n) is 4.26. The summed E-state index contributed by atoms with van der Waals surface area (Å²) in [6.07, 6.45) is 0.711. The van der Waals surface area contributed by atoms with Crippen molar-refractivity contribution in [3.8, 4) is 17.0 Å². The van der Waals surface area contributed by atoms with Gasteiger partial charge in [0, 0.05) is 18.2 Å². The van der Waals surface area contributed by atoms with Gasteiger partial charge in [0.05, 0.1) is 17.2 Å². The normalized spacial score (nSPS) is 10.4. The number of aromatic nitrogens is 2.